The molecule has 0 aromatic rings. The topological polar surface area (TPSA) is 65.0 Å². The smallest absolute Gasteiger partial charge is 0.459 e. The van der Waals surface area contributed by atoms with Crippen LogP contribution in [0.5, 0.6) is 0 Å². The Balaban J connectivity index is 0. The molecule has 0 atom stereocenters. The number of hydrogen-bond donors (Lipinski definition) is 1. The summed E-state index contributed by atoms with van der Waals surface area (Å²) in [5.74, 6) is 0. The molecule has 0 aromatic carbocycles. The zero-order valence-corrected chi connectivity index (χ0v) is 15.4. The van der Waals surface area contributed by atoms with Gasteiger partial charge in [-0.05, 0) is 26.2 Å². The van der Waals surface area contributed by atoms with Crippen LogP contribution in [0.25, 0.3) is 0 Å². The van der Waals surface area contributed by atoms with E-state index >= 15 is 0 Å². The van der Waals surface area contributed by atoms with Crippen molar-refractivity contribution in [3.05, 3.63) is 0 Å². The second-order valence-corrected chi connectivity index (χ2v) is 8.81. The lowest BCUT2D eigenvalue weighted by Crippen LogP contribution is -2.48. The van der Waals surface area contributed by atoms with Gasteiger partial charge in [0, 0.05) is 25.9 Å². The standard InChI is InChI=1S/C11H26O3Si.HO2S2/c1-7-12-15(13-8-2,14-9-3)10-11(4,5)6;1-4(2)3/h7-10H2,1-6H3;(H,1,2,3)/q;-1. The zero-order valence-electron chi connectivity index (χ0n) is 12.7. The van der Waals surface area contributed by atoms with Gasteiger partial charge < -0.3 is 22.0 Å². The first-order chi connectivity index (χ1) is 8.62. The maximum absolute atomic E-state index is 8.93. The number of hydrogen-bond acceptors (Lipinski definition) is 6. The molecule has 118 valence electrons. The molecular formula is C11H27O5S2Si-. The summed E-state index contributed by atoms with van der Waals surface area (Å²) in [6.07, 6.45) is 0. The largest absolute Gasteiger partial charge is 0.501 e. The van der Waals surface area contributed by atoms with Crippen molar-refractivity contribution in [2.24, 2.45) is 5.41 Å². The maximum atomic E-state index is 8.93. The highest BCUT2D eigenvalue weighted by molar-refractivity contribution is 8.18. The molecule has 0 aliphatic heterocycles. The van der Waals surface area contributed by atoms with E-state index in [0.717, 1.165) is 6.04 Å². The van der Waals surface area contributed by atoms with E-state index in [0.29, 0.717) is 19.8 Å². The number of rotatable bonds is 7. The molecule has 0 radical (unpaired) electrons. The van der Waals surface area contributed by atoms with Gasteiger partial charge in [-0.25, -0.2) is 11.2 Å². The SMILES string of the molecule is CCO[Si](CC(C)(C)C)(OCC)OCC.O=[S-](O)=S. The Bertz CT molecular complexity index is 264. The fourth-order valence-corrected chi connectivity index (χ4v) is 4.76. The highest BCUT2D eigenvalue weighted by atomic mass is 32.8. The van der Waals surface area contributed by atoms with Gasteiger partial charge in [-0.2, -0.15) is 0 Å². The Morgan fingerprint density at radius 2 is 1.32 bits per heavy atom. The van der Waals surface area contributed by atoms with Crippen LogP contribution in [0.1, 0.15) is 41.5 Å². The predicted molar refractivity (Wildman–Crippen MR) is 82.9 cm³/mol. The molecular weight excluding hydrogens is 304 g/mol. The van der Waals surface area contributed by atoms with Gasteiger partial charge in [-0.15, -0.1) is 0 Å². The summed E-state index contributed by atoms with van der Waals surface area (Å²) in [4.78, 5) is 0. The zero-order chi connectivity index (χ0) is 15.5. The van der Waals surface area contributed by atoms with Gasteiger partial charge in [-0.1, -0.05) is 30.4 Å². The van der Waals surface area contributed by atoms with E-state index in [1.54, 1.807) is 0 Å². The summed E-state index contributed by atoms with van der Waals surface area (Å²) in [6.45, 7) is 14.5. The average Bonchev–Trinajstić information content (AvgIpc) is 2.14. The van der Waals surface area contributed by atoms with Gasteiger partial charge in [0.05, 0.1) is 0 Å². The molecule has 0 saturated heterocycles. The molecule has 0 bridgehead atoms. The minimum Gasteiger partial charge on any atom is -0.459 e. The van der Waals surface area contributed by atoms with Gasteiger partial charge in [0.25, 0.3) is 0 Å². The van der Waals surface area contributed by atoms with Crippen LogP contribution in [0.3, 0.4) is 0 Å². The van der Waals surface area contributed by atoms with Crippen LogP contribution in [0.2, 0.25) is 6.04 Å². The predicted octanol–water partition coefficient (Wildman–Crippen LogP) is 2.97. The summed E-state index contributed by atoms with van der Waals surface area (Å²) in [6, 6.07) is 0.871. The molecule has 0 aromatic heterocycles. The fraction of sp³-hybridized carbons (Fsp3) is 1.00. The lowest BCUT2D eigenvalue weighted by molar-refractivity contribution is 0.0630. The van der Waals surface area contributed by atoms with Crippen molar-refractivity contribution in [3.8, 4) is 0 Å². The van der Waals surface area contributed by atoms with Gasteiger partial charge in [-0.3, -0.25) is 0 Å². The monoisotopic (exact) mass is 331 g/mol. The summed E-state index contributed by atoms with van der Waals surface area (Å²) in [7, 11) is -4.46. The molecule has 0 spiro atoms. The van der Waals surface area contributed by atoms with Crippen molar-refractivity contribution in [1.29, 1.82) is 0 Å². The molecule has 0 unspecified atom stereocenters. The summed E-state index contributed by atoms with van der Waals surface area (Å²) >= 11 is 3.65. The van der Waals surface area contributed by atoms with Crippen LogP contribution in [0.15, 0.2) is 0 Å². The molecule has 1 N–H and O–H groups in total. The van der Waals surface area contributed by atoms with Crippen LogP contribution in [0, 0.1) is 5.41 Å². The van der Waals surface area contributed by atoms with Crippen molar-refractivity contribution in [2.75, 3.05) is 19.8 Å². The molecule has 0 rings (SSSR count). The average molecular weight is 332 g/mol. The summed E-state index contributed by atoms with van der Waals surface area (Å²) in [5.41, 5.74) is 0.172. The van der Waals surface area contributed by atoms with Crippen LogP contribution in [0.4, 0.5) is 0 Å². The molecule has 0 fully saturated rings. The van der Waals surface area contributed by atoms with Gasteiger partial charge in [0.2, 0.25) is 0 Å². The van der Waals surface area contributed by atoms with E-state index in [2.05, 4.69) is 32.0 Å². The Labute approximate surface area is 124 Å². The third-order valence-corrected chi connectivity index (χ3v) is 5.52. The molecule has 0 heterocycles. The van der Waals surface area contributed by atoms with Crippen LogP contribution in [-0.2, 0) is 38.3 Å². The van der Waals surface area contributed by atoms with E-state index in [1.165, 1.54) is 0 Å². The van der Waals surface area contributed by atoms with Gasteiger partial charge in [0.1, 0.15) is 0 Å². The van der Waals surface area contributed by atoms with E-state index in [9.17, 15) is 0 Å². The summed E-state index contributed by atoms with van der Waals surface area (Å²) < 4.78 is 33.6. The van der Waals surface area contributed by atoms with E-state index < -0.39 is 18.4 Å². The lowest BCUT2D eigenvalue weighted by atomic mass is 10.0. The van der Waals surface area contributed by atoms with E-state index in [1.807, 2.05) is 20.8 Å². The quantitative estimate of drug-likeness (QED) is 0.439. The summed E-state index contributed by atoms with van der Waals surface area (Å²) in [5, 5.41) is 0. The van der Waals surface area contributed by atoms with E-state index in [-0.39, 0.29) is 5.41 Å². The normalized spacial score (nSPS) is 12.2. The Kier molecular flexibility index (Phi) is 12.7. The molecule has 0 saturated carbocycles. The fourth-order valence-electron chi connectivity index (χ4n) is 1.59. The highest BCUT2D eigenvalue weighted by Crippen LogP contribution is 2.29. The maximum Gasteiger partial charge on any atom is 0.501 e. The second kappa shape index (κ2) is 11.1. The van der Waals surface area contributed by atoms with Crippen molar-refractivity contribution < 1.29 is 22.0 Å². The third kappa shape index (κ3) is 14.6. The minimum atomic E-state index is -2.43. The molecule has 8 heteroatoms. The Morgan fingerprint density at radius 1 is 1.05 bits per heavy atom. The van der Waals surface area contributed by atoms with Gasteiger partial charge in [0.15, 0.2) is 0 Å². The molecule has 5 nitrogen and oxygen atoms in total. The Hall–Kier alpha value is 0.427. The van der Waals surface area contributed by atoms with Crippen molar-refractivity contribution in [2.45, 2.75) is 47.6 Å². The van der Waals surface area contributed by atoms with Gasteiger partial charge >= 0.3 is 8.80 Å². The Morgan fingerprint density at radius 3 is 1.47 bits per heavy atom. The molecule has 0 aliphatic carbocycles. The first kappa shape index (κ1) is 21.7. The third-order valence-electron chi connectivity index (χ3n) is 1.84. The lowest BCUT2D eigenvalue weighted by Gasteiger charge is -2.33. The van der Waals surface area contributed by atoms with Crippen LogP contribution in [-0.4, -0.2) is 33.2 Å². The van der Waals surface area contributed by atoms with E-state index in [4.69, 9.17) is 22.0 Å². The first-order valence-electron chi connectivity index (χ1n) is 6.32. The highest BCUT2D eigenvalue weighted by Gasteiger charge is 2.43. The second-order valence-electron chi connectivity index (χ2n) is 4.94. The van der Waals surface area contributed by atoms with Crippen LogP contribution < -0.4 is 0 Å². The first-order valence-corrected chi connectivity index (χ1v) is 10.3. The molecule has 0 amide bonds. The molecule has 0 aliphatic rings. The molecule has 19 heavy (non-hydrogen) atoms. The van der Waals surface area contributed by atoms with Crippen molar-refractivity contribution in [1.82, 2.24) is 0 Å². The minimum absolute atomic E-state index is 0.172. The van der Waals surface area contributed by atoms with Crippen LogP contribution >= 0.6 is 0 Å². The van der Waals surface area contributed by atoms with Crippen molar-refractivity contribution in [3.63, 3.8) is 0 Å². The van der Waals surface area contributed by atoms with Crippen molar-refractivity contribution >= 4 is 29.6 Å².